The zero-order valence-electron chi connectivity index (χ0n) is 11.3. The number of sulfonamides is 1. The van der Waals surface area contributed by atoms with Gasteiger partial charge >= 0.3 is 0 Å². The fourth-order valence-corrected chi connectivity index (χ4v) is 5.54. The molecule has 2 unspecified atom stereocenters. The fourth-order valence-electron chi connectivity index (χ4n) is 2.43. The first kappa shape index (κ1) is 16.4. The molecule has 2 atom stereocenters. The molecule has 1 aromatic heterocycles. The fraction of sp³-hybridized carbons (Fsp3) is 0.667. The second-order valence-corrected chi connectivity index (χ2v) is 8.44. The van der Waals surface area contributed by atoms with Gasteiger partial charge in [0.2, 0.25) is 10.0 Å². The standard InChI is InChI=1S/C12H19BrN2O3S2/c1-19-10-4-2-3-8(5-10)15-20(16,17)11-6-9(7-14)18-12(11)13/h6,8,10,15H,2-5,7,14H2,1H3. The van der Waals surface area contributed by atoms with E-state index in [1.807, 2.05) is 0 Å². The topological polar surface area (TPSA) is 85.3 Å². The lowest BCUT2D eigenvalue weighted by atomic mass is 9.96. The van der Waals surface area contributed by atoms with E-state index in [1.165, 1.54) is 6.07 Å². The zero-order chi connectivity index (χ0) is 14.8. The highest BCUT2D eigenvalue weighted by Crippen LogP contribution is 2.30. The molecule has 1 heterocycles. The number of thioether (sulfide) groups is 1. The van der Waals surface area contributed by atoms with Crippen LogP contribution in [0.2, 0.25) is 0 Å². The average Bonchev–Trinajstić information content (AvgIpc) is 2.80. The SMILES string of the molecule is CSC1CCCC(NS(=O)(=O)c2cc(CN)oc2Br)C1. The first-order valence-corrected chi connectivity index (χ1v) is 10.1. The van der Waals surface area contributed by atoms with E-state index in [0.29, 0.717) is 11.0 Å². The van der Waals surface area contributed by atoms with E-state index in [9.17, 15) is 8.42 Å². The summed E-state index contributed by atoms with van der Waals surface area (Å²) in [6, 6.07) is 1.47. The number of nitrogens with two attached hydrogens (primary N) is 1. The highest BCUT2D eigenvalue weighted by molar-refractivity contribution is 9.10. The summed E-state index contributed by atoms with van der Waals surface area (Å²) in [4.78, 5) is 0.129. The first-order chi connectivity index (χ1) is 9.46. The molecule has 20 heavy (non-hydrogen) atoms. The Kier molecular flexibility index (Phi) is 5.58. The molecule has 0 bridgehead atoms. The quantitative estimate of drug-likeness (QED) is 0.816. The van der Waals surface area contributed by atoms with Gasteiger partial charge in [-0.2, -0.15) is 11.8 Å². The van der Waals surface area contributed by atoms with Crippen LogP contribution in [0.5, 0.6) is 0 Å². The Morgan fingerprint density at radius 1 is 1.55 bits per heavy atom. The molecule has 3 N–H and O–H groups in total. The predicted octanol–water partition coefficient (Wildman–Crippen LogP) is 2.45. The second kappa shape index (κ2) is 6.83. The van der Waals surface area contributed by atoms with E-state index in [2.05, 4.69) is 26.9 Å². The summed E-state index contributed by atoms with van der Waals surface area (Å²) in [7, 11) is -3.57. The molecule has 0 aromatic carbocycles. The minimum Gasteiger partial charge on any atom is -0.452 e. The Bertz CT molecular complexity index is 559. The van der Waals surface area contributed by atoms with Crippen molar-refractivity contribution in [2.45, 2.75) is 48.4 Å². The van der Waals surface area contributed by atoms with Crippen LogP contribution < -0.4 is 10.5 Å². The monoisotopic (exact) mass is 382 g/mol. The molecule has 0 aliphatic heterocycles. The van der Waals surface area contributed by atoms with Crippen molar-refractivity contribution in [3.05, 3.63) is 16.5 Å². The van der Waals surface area contributed by atoms with Gasteiger partial charge in [-0.1, -0.05) is 6.42 Å². The Morgan fingerprint density at radius 2 is 2.30 bits per heavy atom. The van der Waals surface area contributed by atoms with Gasteiger partial charge in [-0.3, -0.25) is 0 Å². The number of hydrogen-bond donors (Lipinski definition) is 2. The van der Waals surface area contributed by atoms with Gasteiger partial charge in [0.15, 0.2) is 4.67 Å². The first-order valence-electron chi connectivity index (χ1n) is 6.49. The molecular formula is C12H19BrN2O3S2. The summed E-state index contributed by atoms with van der Waals surface area (Å²) < 4.78 is 33.0. The van der Waals surface area contributed by atoms with Crippen LogP contribution in [0.1, 0.15) is 31.4 Å². The molecule has 2 rings (SSSR count). The van der Waals surface area contributed by atoms with Crippen molar-refractivity contribution >= 4 is 37.7 Å². The summed E-state index contributed by atoms with van der Waals surface area (Å²) in [6.45, 7) is 0.173. The van der Waals surface area contributed by atoms with Gasteiger partial charge in [0, 0.05) is 17.4 Å². The number of nitrogens with one attached hydrogen (secondary N) is 1. The summed E-state index contributed by atoms with van der Waals surface area (Å²) in [6.07, 6.45) is 6.04. The Morgan fingerprint density at radius 3 is 2.90 bits per heavy atom. The predicted molar refractivity (Wildman–Crippen MR) is 84.2 cm³/mol. The molecule has 1 fully saturated rings. The molecule has 0 radical (unpaired) electrons. The van der Waals surface area contributed by atoms with E-state index < -0.39 is 10.0 Å². The molecule has 1 aliphatic rings. The molecule has 0 amide bonds. The zero-order valence-corrected chi connectivity index (χ0v) is 14.5. The van der Waals surface area contributed by atoms with Crippen molar-refractivity contribution < 1.29 is 12.8 Å². The van der Waals surface area contributed by atoms with Crippen LogP contribution >= 0.6 is 27.7 Å². The van der Waals surface area contributed by atoms with E-state index in [0.717, 1.165) is 25.7 Å². The molecule has 5 nitrogen and oxygen atoms in total. The lowest BCUT2D eigenvalue weighted by Crippen LogP contribution is -2.39. The second-order valence-electron chi connectivity index (χ2n) is 4.90. The minimum atomic E-state index is -3.57. The minimum absolute atomic E-state index is 0.00525. The molecule has 1 aliphatic carbocycles. The number of rotatable bonds is 5. The van der Waals surface area contributed by atoms with Crippen molar-refractivity contribution in [2.75, 3.05) is 6.26 Å². The maximum absolute atomic E-state index is 12.4. The highest BCUT2D eigenvalue weighted by atomic mass is 79.9. The third-order valence-electron chi connectivity index (χ3n) is 3.48. The number of halogens is 1. The van der Waals surface area contributed by atoms with Crippen LogP contribution in [0.15, 0.2) is 20.0 Å². The molecule has 114 valence electrons. The van der Waals surface area contributed by atoms with Crippen LogP contribution in [-0.4, -0.2) is 26.0 Å². The Balaban J connectivity index is 2.12. The Hall–Kier alpha value is -0.0200. The van der Waals surface area contributed by atoms with E-state index >= 15 is 0 Å². The van der Waals surface area contributed by atoms with E-state index in [1.54, 1.807) is 11.8 Å². The van der Waals surface area contributed by atoms with Gasteiger partial charge in [0.25, 0.3) is 0 Å². The van der Waals surface area contributed by atoms with Crippen molar-refractivity contribution in [3.63, 3.8) is 0 Å². The van der Waals surface area contributed by atoms with Crippen LogP contribution in [0.25, 0.3) is 0 Å². The average molecular weight is 383 g/mol. The lowest BCUT2D eigenvalue weighted by Gasteiger charge is -2.28. The summed E-state index contributed by atoms with van der Waals surface area (Å²) in [5, 5.41) is 0.531. The van der Waals surface area contributed by atoms with E-state index in [-0.39, 0.29) is 22.2 Å². The third-order valence-corrected chi connectivity index (χ3v) is 6.95. The van der Waals surface area contributed by atoms with Crippen LogP contribution in [0.3, 0.4) is 0 Å². The highest BCUT2D eigenvalue weighted by Gasteiger charge is 2.28. The normalized spacial score (nSPS) is 23.9. The van der Waals surface area contributed by atoms with Gasteiger partial charge in [0.1, 0.15) is 10.7 Å². The van der Waals surface area contributed by atoms with Crippen LogP contribution in [0.4, 0.5) is 0 Å². The maximum atomic E-state index is 12.4. The molecular weight excluding hydrogens is 364 g/mol. The van der Waals surface area contributed by atoms with Crippen LogP contribution in [-0.2, 0) is 16.6 Å². The summed E-state index contributed by atoms with van der Waals surface area (Å²) in [5.74, 6) is 0.447. The van der Waals surface area contributed by atoms with Crippen molar-refractivity contribution in [1.82, 2.24) is 4.72 Å². The number of furan rings is 1. The molecule has 8 heteroatoms. The van der Waals surface area contributed by atoms with E-state index in [4.69, 9.17) is 10.2 Å². The number of hydrogen-bond acceptors (Lipinski definition) is 5. The smallest absolute Gasteiger partial charge is 0.245 e. The van der Waals surface area contributed by atoms with Crippen molar-refractivity contribution in [2.24, 2.45) is 5.73 Å². The molecule has 0 spiro atoms. The lowest BCUT2D eigenvalue weighted by molar-refractivity contribution is 0.420. The third kappa shape index (κ3) is 3.79. The van der Waals surface area contributed by atoms with Gasteiger partial charge in [-0.25, -0.2) is 13.1 Å². The molecule has 0 saturated heterocycles. The summed E-state index contributed by atoms with van der Waals surface area (Å²) in [5.41, 5.74) is 5.46. The Labute approximate surface area is 132 Å². The van der Waals surface area contributed by atoms with Crippen LogP contribution in [0, 0.1) is 0 Å². The van der Waals surface area contributed by atoms with Gasteiger partial charge in [-0.05, 0) is 41.4 Å². The molecule has 1 saturated carbocycles. The van der Waals surface area contributed by atoms with Gasteiger partial charge in [0.05, 0.1) is 6.54 Å². The van der Waals surface area contributed by atoms with Crippen molar-refractivity contribution in [1.29, 1.82) is 0 Å². The largest absolute Gasteiger partial charge is 0.452 e. The molecule has 1 aromatic rings. The van der Waals surface area contributed by atoms with Gasteiger partial charge in [-0.15, -0.1) is 0 Å². The van der Waals surface area contributed by atoms with Gasteiger partial charge < -0.3 is 10.2 Å². The summed E-state index contributed by atoms with van der Waals surface area (Å²) >= 11 is 4.94. The van der Waals surface area contributed by atoms with Crippen molar-refractivity contribution in [3.8, 4) is 0 Å². The maximum Gasteiger partial charge on any atom is 0.245 e.